The van der Waals surface area contributed by atoms with Gasteiger partial charge in [-0.15, -0.1) is 0 Å². The predicted molar refractivity (Wildman–Crippen MR) is 140 cm³/mol. The van der Waals surface area contributed by atoms with Gasteiger partial charge in [-0.1, -0.05) is 0 Å². The summed E-state index contributed by atoms with van der Waals surface area (Å²) in [5.41, 5.74) is -3.89. The number of nitrogens with one attached hydrogen (secondary N) is 2. The van der Waals surface area contributed by atoms with Crippen LogP contribution in [0.4, 0.5) is 0 Å². The summed E-state index contributed by atoms with van der Waals surface area (Å²) >= 11 is 0. The first-order chi connectivity index (χ1) is 22.5. The molecule has 2 fully saturated rings. The normalized spacial score (nSPS) is 32.2. The molecule has 0 aromatic carbocycles. The number of rotatable bonds is 14. The fourth-order valence-corrected chi connectivity index (χ4v) is 8.97. The molecular weight excluding hydrogens is 764 g/mol. The molecule has 8 unspecified atom stereocenters. The fourth-order valence-electron chi connectivity index (χ4n) is 4.22. The average Bonchev–Trinajstić information content (AvgIpc) is 3.38. The summed E-state index contributed by atoms with van der Waals surface area (Å²) in [6, 6.07) is 1.68. The van der Waals surface area contributed by atoms with E-state index in [2.05, 4.69) is 22.0 Å². The summed E-state index contributed by atoms with van der Waals surface area (Å²) in [5.74, 6) is 0. The Morgan fingerprint density at radius 2 is 0.939 bits per heavy atom. The number of aliphatic hydroxyl groups excluding tert-OH is 4. The minimum Gasteiger partial charge on any atom is -0.756 e. The summed E-state index contributed by atoms with van der Waals surface area (Å²) in [6.45, 7) is -2.66. The molecule has 2 saturated heterocycles. The van der Waals surface area contributed by atoms with Crippen LogP contribution in [0.2, 0.25) is 0 Å². The van der Waals surface area contributed by atoms with Crippen LogP contribution in [-0.4, -0.2) is 89.4 Å². The molecule has 12 atom stereocenters. The maximum Gasteiger partial charge on any atom is 0.330 e. The van der Waals surface area contributed by atoms with Gasteiger partial charge in [0, 0.05) is 24.5 Å². The minimum atomic E-state index is -6.64. The Balaban J connectivity index is 1.31. The molecule has 6 N–H and O–H groups in total. The Labute approximate surface area is 268 Å². The molecule has 0 radical (unpaired) electrons. The van der Waals surface area contributed by atoms with Gasteiger partial charge in [0.1, 0.15) is 36.6 Å². The van der Waals surface area contributed by atoms with Gasteiger partial charge in [0.2, 0.25) is 0 Å². The van der Waals surface area contributed by atoms with E-state index < -0.39 is 116 Å². The van der Waals surface area contributed by atoms with Crippen LogP contribution < -0.4 is 42.1 Å². The zero-order valence-electron chi connectivity index (χ0n) is 23.6. The average molecular weight is 786 g/mol. The van der Waals surface area contributed by atoms with Gasteiger partial charge < -0.3 is 58.5 Å². The Bertz CT molecular complexity index is 1820. The van der Waals surface area contributed by atoms with Crippen molar-refractivity contribution in [2.75, 3.05) is 13.2 Å². The van der Waals surface area contributed by atoms with Gasteiger partial charge in [0.25, 0.3) is 42.4 Å². The monoisotopic (exact) mass is 786 g/mol. The molecule has 0 spiro atoms. The molecule has 4 heterocycles. The molecule has 4 rings (SSSR count). The molecule has 2 aromatic rings. The molecule has 0 aliphatic carbocycles. The van der Waals surface area contributed by atoms with Crippen LogP contribution in [0, 0.1) is 0 Å². The minimum absolute atomic E-state index is 0.604. The first kappa shape index (κ1) is 39.5. The van der Waals surface area contributed by atoms with Crippen molar-refractivity contribution in [3.05, 3.63) is 66.2 Å². The van der Waals surface area contributed by atoms with E-state index in [4.69, 9.17) is 9.47 Å². The third kappa shape index (κ3) is 9.93. The molecule has 0 bridgehead atoms. The Hall–Kier alpha value is -2.32. The largest absolute Gasteiger partial charge is 0.756 e. The molecule has 276 valence electrons. The summed E-state index contributed by atoms with van der Waals surface area (Å²) in [6.07, 6.45) is -13.2. The number of hydrogen-bond acceptors (Lipinski definition) is 23. The second kappa shape index (κ2) is 14.7. The highest BCUT2D eigenvalue weighted by Gasteiger charge is 2.46. The Morgan fingerprint density at radius 3 is 1.27 bits per heavy atom. The molecular formula is C18H22N4O23P4-4. The summed E-state index contributed by atoms with van der Waals surface area (Å²) in [4.78, 5) is 97.9. The van der Waals surface area contributed by atoms with Crippen LogP contribution in [0.15, 0.2) is 43.7 Å². The highest BCUT2D eigenvalue weighted by Crippen LogP contribution is 2.66. The predicted octanol–water partition coefficient (Wildman–Crippen LogP) is -6.72. The van der Waals surface area contributed by atoms with Crippen LogP contribution in [0.1, 0.15) is 12.5 Å². The van der Waals surface area contributed by atoms with Gasteiger partial charge >= 0.3 is 11.4 Å². The van der Waals surface area contributed by atoms with Gasteiger partial charge in [0.15, 0.2) is 12.5 Å². The first-order valence-corrected chi connectivity index (χ1v) is 18.7. The van der Waals surface area contributed by atoms with E-state index in [1.165, 1.54) is 0 Å². The third-order valence-electron chi connectivity index (χ3n) is 6.32. The van der Waals surface area contributed by atoms with Crippen molar-refractivity contribution < 1.29 is 89.7 Å². The van der Waals surface area contributed by atoms with E-state index in [0.717, 1.165) is 24.5 Å². The molecule has 49 heavy (non-hydrogen) atoms. The van der Waals surface area contributed by atoms with Gasteiger partial charge in [-0.25, -0.2) is 22.5 Å². The Morgan fingerprint density at radius 1 is 0.612 bits per heavy atom. The number of hydrogen-bond donors (Lipinski definition) is 6. The van der Waals surface area contributed by atoms with Gasteiger partial charge in [0.05, 0.1) is 13.2 Å². The lowest BCUT2D eigenvalue weighted by Gasteiger charge is -2.36. The smallest absolute Gasteiger partial charge is 0.330 e. The summed E-state index contributed by atoms with van der Waals surface area (Å²) in [7, 11) is -25.6. The fraction of sp³-hybridized carbons (Fsp3) is 0.556. The number of phosphoric ester groups is 2. The van der Waals surface area contributed by atoms with Crippen molar-refractivity contribution in [2.24, 2.45) is 0 Å². The van der Waals surface area contributed by atoms with E-state index >= 15 is 0 Å². The number of aromatic nitrogens is 4. The number of H-pyrrole nitrogens is 2. The van der Waals surface area contributed by atoms with Gasteiger partial charge in [-0.2, -0.15) is 0 Å². The maximum absolute atomic E-state index is 12.0. The second-order valence-electron chi connectivity index (χ2n) is 9.75. The van der Waals surface area contributed by atoms with Crippen molar-refractivity contribution in [1.82, 2.24) is 19.1 Å². The summed E-state index contributed by atoms with van der Waals surface area (Å²) in [5, 5.41) is 40.5. The molecule has 2 aliphatic heterocycles. The zero-order valence-corrected chi connectivity index (χ0v) is 27.1. The standard InChI is InChI=1S/C18H26N4O23P4/c23-9-1-3-21(17(29)19-9)15-13(27)11(25)7(41-15)5-39-46(31,32)43-48(35,36)45-49(37,38)44-47(33,34)40-6-8-12(26)14(28)16(42-8)22-4-2-10(24)20-18(22)30/h1-4,7-8,11-16,25-28H,5-6H2,(H,31,32)(H,33,34)(H,35,36)(H,37,38)(H,19,23,29)(H,20,24,30)/p-4/t7?,8?,11-,12-,13-,14-,15?,16?/m1/s1. The SMILES string of the molecule is O=c1ccn(C2OC(COP(=O)([O-])OP(=O)([O-])OP(=O)([O-])OP(=O)([O-])OCC3OC(n4ccc(=O)[nH]c4=O)[C@H](O)[C@@H]3O)[C@@H](O)[C@H]2O)c(=O)[nH]1. The molecule has 0 saturated carbocycles. The highest BCUT2D eigenvalue weighted by atomic mass is 31.3. The van der Waals surface area contributed by atoms with Gasteiger partial charge in [-0.05, 0) is 0 Å². The van der Waals surface area contributed by atoms with Crippen molar-refractivity contribution in [1.29, 1.82) is 0 Å². The number of aliphatic hydroxyl groups is 4. The number of nitrogens with zero attached hydrogens (tertiary/aromatic N) is 2. The van der Waals surface area contributed by atoms with Crippen molar-refractivity contribution in [2.45, 2.75) is 49.1 Å². The second-order valence-corrected chi connectivity index (χ2v) is 15.8. The van der Waals surface area contributed by atoms with E-state index in [1.54, 1.807) is 0 Å². The lowest BCUT2D eigenvalue weighted by molar-refractivity contribution is -0.255. The van der Waals surface area contributed by atoms with Crippen LogP contribution in [0.3, 0.4) is 0 Å². The Kier molecular flexibility index (Phi) is 11.9. The highest BCUT2D eigenvalue weighted by molar-refractivity contribution is 7.68. The van der Waals surface area contributed by atoms with Crippen LogP contribution in [0.5, 0.6) is 0 Å². The number of phosphoric acid groups is 4. The van der Waals surface area contributed by atoms with Gasteiger partial charge in [-0.3, -0.25) is 47.0 Å². The lowest BCUT2D eigenvalue weighted by atomic mass is 10.1. The van der Waals surface area contributed by atoms with E-state index in [1.807, 2.05) is 9.97 Å². The molecule has 31 heteroatoms. The van der Waals surface area contributed by atoms with Crippen LogP contribution >= 0.6 is 31.3 Å². The third-order valence-corrected chi connectivity index (χ3v) is 12.0. The van der Waals surface area contributed by atoms with E-state index in [0.29, 0.717) is 9.13 Å². The van der Waals surface area contributed by atoms with E-state index in [-0.39, 0.29) is 0 Å². The molecule has 0 amide bonds. The lowest BCUT2D eigenvalue weighted by Crippen LogP contribution is -2.37. The summed E-state index contributed by atoms with van der Waals surface area (Å²) < 4.78 is 78.3. The molecule has 27 nitrogen and oxygen atoms in total. The molecule has 2 aliphatic rings. The maximum atomic E-state index is 12.0. The van der Waals surface area contributed by atoms with Crippen molar-refractivity contribution in [3.8, 4) is 0 Å². The number of ether oxygens (including phenoxy) is 2. The van der Waals surface area contributed by atoms with Crippen molar-refractivity contribution >= 4 is 31.3 Å². The zero-order chi connectivity index (χ0) is 36.7. The van der Waals surface area contributed by atoms with Crippen molar-refractivity contribution in [3.63, 3.8) is 0 Å². The topological polar surface area (TPSA) is 416 Å². The van der Waals surface area contributed by atoms with Crippen LogP contribution in [-0.2, 0) is 49.7 Å². The molecule has 2 aromatic heterocycles. The quantitative estimate of drug-likeness (QED) is 0.0969. The number of aromatic amines is 2. The van der Waals surface area contributed by atoms with Crippen LogP contribution in [0.25, 0.3) is 0 Å². The first-order valence-electron chi connectivity index (χ1n) is 12.8. The van der Waals surface area contributed by atoms with E-state index in [9.17, 15) is 77.4 Å².